The molecule has 1 aliphatic heterocycles. The molecule has 0 aromatic carbocycles. The topological polar surface area (TPSA) is 88.2 Å². The number of morpholine rings is 1. The molecule has 0 aromatic heterocycles. The van der Waals surface area contributed by atoms with Crippen molar-refractivity contribution < 1.29 is 14.7 Å². The summed E-state index contributed by atoms with van der Waals surface area (Å²) in [5.41, 5.74) is 5.54. The minimum Gasteiger partial charge on any atom is -0.409 e. The molecule has 0 aliphatic carbocycles. The minimum absolute atomic E-state index is 0.0150. The van der Waals surface area contributed by atoms with E-state index in [-0.39, 0.29) is 17.8 Å². The normalized spacial score (nSPS) is 23.5. The van der Waals surface area contributed by atoms with E-state index >= 15 is 0 Å². The number of carbonyl (C=O) groups excluding carboxylic acids is 1. The molecule has 1 fully saturated rings. The third-order valence-electron chi connectivity index (χ3n) is 3.16. The molecule has 6 nitrogen and oxygen atoms in total. The summed E-state index contributed by atoms with van der Waals surface area (Å²) < 4.78 is 5.35. The Morgan fingerprint density at radius 2 is 2.35 bits per heavy atom. The van der Waals surface area contributed by atoms with E-state index in [1.807, 2.05) is 13.8 Å². The number of amidine groups is 1. The smallest absolute Gasteiger partial charge is 0.233 e. The first-order valence-corrected chi connectivity index (χ1v) is 6.01. The molecule has 2 atom stereocenters. The number of ether oxygens (including phenoxy) is 1. The summed E-state index contributed by atoms with van der Waals surface area (Å²) in [6.45, 7) is 5.56. The van der Waals surface area contributed by atoms with E-state index < -0.39 is 5.92 Å². The van der Waals surface area contributed by atoms with Crippen LogP contribution in [0.1, 0.15) is 26.7 Å². The third kappa shape index (κ3) is 3.09. The lowest BCUT2D eigenvalue weighted by Gasteiger charge is -2.36. The van der Waals surface area contributed by atoms with Gasteiger partial charge >= 0.3 is 0 Å². The second-order valence-electron chi connectivity index (χ2n) is 4.15. The zero-order chi connectivity index (χ0) is 12.8. The van der Waals surface area contributed by atoms with E-state index in [2.05, 4.69) is 5.16 Å². The number of rotatable bonds is 4. The van der Waals surface area contributed by atoms with E-state index in [0.29, 0.717) is 26.2 Å². The molecule has 3 N–H and O–H groups in total. The monoisotopic (exact) mass is 243 g/mol. The van der Waals surface area contributed by atoms with E-state index in [0.717, 1.165) is 6.42 Å². The van der Waals surface area contributed by atoms with Crippen molar-refractivity contribution in [3.63, 3.8) is 0 Å². The zero-order valence-corrected chi connectivity index (χ0v) is 10.4. The van der Waals surface area contributed by atoms with Crippen LogP contribution in [0.4, 0.5) is 0 Å². The van der Waals surface area contributed by atoms with Crippen LogP contribution >= 0.6 is 0 Å². The van der Waals surface area contributed by atoms with Crippen LogP contribution < -0.4 is 5.73 Å². The second-order valence-corrected chi connectivity index (χ2v) is 4.15. The minimum atomic E-state index is -0.535. The molecule has 17 heavy (non-hydrogen) atoms. The SMILES string of the molecule is CCC(C(=O)N1CCOCC1CC)/C(N)=N/O. The first kappa shape index (κ1) is 13.8. The van der Waals surface area contributed by atoms with Crippen molar-refractivity contribution in [2.45, 2.75) is 32.7 Å². The van der Waals surface area contributed by atoms with Crippen molar-refractivity contribution in [1.82, 2.24) is 4.90 Å². The average Bonchev–Trinajstić information content (AvgIpc) is 2.38. The highest BCUT2D eigenvalue weighted by Crippen LogP contribution is 2.16. The van der Waals surface area contributed by atoms with Gasteiger partial charge in [-0.2, -0.15) is 0 Å². The quantitative estimate of drug-likeness (QED) is 0.324. The van der Waals surface area contributed by atoms with Gasteiger partial charge in [0.25, 0.3) is 0 Å². The molecule has 2 unspecified atom stereocenters. The van der Waals surface area contributed by atoms with Crippen LogP contribution in [0.15, 0.2) is 5.16 Å². The van der Waals surface area contributed by atoms with Gasteiger partial charge in [-0.3, -0.25) is 4.79 Å². The molecule has 6 heteroatoms. The van der Waals surface area contributed by atoms with E-state index in [1.165, 1.54) is 0 Å². The van der Waals surface area contributed by atoms with Crippen LogP contribution in [0.25, 0.3) is 0 Å². The Morgan fingerprint density at radius 1 is 1.65 bits per heavy atom. The second kappa shape index (κ2) is 6.44. The average molecular weight is 243 g/mol. The van der Waals surface area contributed by atoms with Gasteiger partial charge in [0.2, 0.25) is 5.91 Å². The molecule has 1 rings (SSSR count). The molecule has 98 valence electrons. The van der Waals surface area contributed by atoms with Crippen LogP contribution in [0.3, 0.4) is 0 Å². The van der Waals surface area contributed by atoms with E-state index in [9.17, 15) is 4.79 Å². The van der Waals surface area contributed by atoms with E-state index in [1.54, 1.807) is 4.90 Å². The highest BCUT2D eigenvalue weighted by atomic mass is 16.5. The summed E-state index contributed by atoms with van der Waals surface area (Å²) in [6.07, 6.45) is 1.38. The van der Waals surface area contributed by atoms with Gasteiger partial charge in [-0.05, 0) is 12.8 Å². The number of hydrogen-bond acceptors (Lipinski definition) is 4. The lowest BCUT2D eigenvalue weighted by atomic mass is 10.0. The molecule has 1 saturated heterocycles. The predicted molar refractivity (Wildman–Crippen MR) is 63.8 cm³/mol. The highest BCUT2D eigenvalue weighted by Gasteiger charge is 2.32. The summed E-state index contributed by atoms with van der Waals surface area (Å²) in [5.74, 6) is -0.621. The Bertz CT molecular complexity index is 294. The fourth-order valence-electron chi connectivity index (χ4n) is 2.06. The van der Waals surface area contributed by atoms with Crippen molar-refractivity contribution in [2.75, 3.05) is 19.8 Å². The number of carbonyl (C=O) groups is 1. The molecule has 0 bridgehead atoms. The van der Waals surface area contributed by atoms with Gasteiger partial charge in [0.1, 0.15) is 0 Å². The maximum absolute atomic E-state index is 12.3. The Morgan fingerprint density at radius 3 is 2.88 bits per heavy atom. The van der Waals surface area contributed by atoms with Crippen molar-refractivity contribution in [3.8, 4) is 0 Å². The van der Waals surface area contributed by atoms with Gasteiger partial charge in [-0.15, -0.1) is 0 Å². The summed E-state index contributed by atoms with van der Waals surface area (Å²) in [4.78, 5) is 14.1. The van der Waals surface area contributed by atoms with Crippen LogP contribution in [-0.4, -0.2) is 47.7 Å². The Labute approximate surface area is 101 Å². The predicted octanol–water partition coefficient (Wildman–Crippen LogP) is 0.396. The van der Waals surface area contributed by atoms with Crippen molar-refractivity contribution in [2.24, 2.45) is 16.8 Å². The van der Waals surface area contributed by atoms with Gasteiger partial charge in [0, 0.05) is 6.54 Å². The first-order valence-electron chi connectivity index (χ1n) is 6.01. The number of nitrogens with zero attached hydrogens (tertiary/aromatic N) is 2. The zero-order valence-electron chi connectivity index (χ0n) is 10.4. The number of oxime groups is 1. The van der Waals surface area contributed by atoms with Gasteiger partial charge in [-0.1, -0.05) is 19.0 Å². The molecular weight excluding hydrogens is 222 g/mol. The molecule has 1 aliphatic rings. The standard InChI is InChI=1S/C11H21N3O3/c1-3-8-7-17-6-5-14(8)11(15)9(4-2)10(12)13-16/h8-9,16H,3-7H2,1-2H3,(H2,12,13). The summed E-state index contributed by atoms with van der Waals surface area (Å²) in [5, 5.41) is 11.6. The molecule has 0 radical (unpaired) electrons. The van der Waals surface area contributed by atoms with Gasteiger partial charge in [0.05, 0.1) is 25.2 Å². The molecule has 0 spiro atoms. The first-order chi connectivity index (χ1) is 8.15. The molecule has 1 heterocycles. The van der Waals surface area contributed by atoms with Gasteiger partial charge in [-0.25, -0.2) is 0 Å². The lowest BCUT2D eigenvalue weighted by molar-refractivity contribution is -0.142. The molecule has 0 aromatic rings. The Hall–Kier alpha value is -1.30. The maximum Gasteiger partial charge on any atom is 0.233 e. The van der Waals surface area contributed by atoms with Crippen LogP contribution in [0, 0.1) is 5.92 Å². The maximum atomic E-state index is 12.3. The van der Waals surface area contributed by atoms with Gasteiger partial charge in [0.15, 0.2) is 5.84 Å². The summed E-state index contributed by atoms with van der Waals surface area (Å²) in [7, 11) is 0. The molecular formula is C11H21N3O3. The highest BCUT2D eigenvalue weighted by molar-refractivity contribution is 6.02. The molecule has 0 saturated carbocycles. The largest absolute Gasteiger partial charge is 0.409 e. The summed E-state index contributed by atoms with van der Waals surface area (Å²) in [6, 6.07) is 0.0943. The number of amides is 1. The Balaban J connectivity index is 2.78. The fraction of sp³-hybridized carbons (Fsp3) is 0.818. The van der Waals surface area contributed by atoms with Crippen LogP contribution in [0.2, 0.25) is 0 Å². The summed E-state index contributed by atoms with van der Waals surface area (Å²) >= 11 is 0. The van der Waals surface area contributed by atoms with Crippen molar-refractivity contribution in [1.29, 1.82) is 0 Å². The van der Waals surface area contributed by atoms with Crippen molar-refractivity contribution >= 4 is 11.7 Å². The fourth-order valence-corrected chi connectivity index (χ4v) is 2.06. The van der Waals surface area contributed by atoms with Crippen LogP contribution in [-0.2, 0) is 9.53 Å². The van der Waals surface area contributed by atoms with Gasteiger partial charge < -0.3 is 20.6 Å². The Kier molecular flexibility index (Phi) is 5.21. The third-order valence-corrected chi connectivity index (χ3v) is 3.16. The number of nitrogens with two attached hydrogens (primary N) is 1. The van der Waals surface area contributed by atoms with Crippen molar-refractivity contribution in [3.05, 3.63) is 0 Å². The molecule has 1 amide bonds. The van der Waals surface area contributed by atoms with E-state index in [4.69, 9.17) is 15.7 Å². The number of hydrogen-bond donors (Lipinski definition) is 2. The van der Waals surface area contributed by atoms with Crippen LogP contribution in [0.5, 0.6) is 0 Å². The lowest BCUT2D eigenvalue weighted by Crippen LogP contribution is -2.52.